The maximum atomic E-state index is 11.6. The standard InChI is InChI=1S/C15H21NO3/c1-12-4-2-5-13(10-12)19-9-3-6-14(18)16-15(11-17)7-8-15/h2,4-5,10,17H,3,6-9,11H2,1H3,(H,16,18). The summed E-state index contributed by atoms with van der Waals surface area (Å²) in [5, 5.41) is 12.0. The van der Waals surface area contributed by atoms with Crippen LogP contribution in [0.25, 0.3) is 0 Å². The van der Waals surface area contributed by atoms with Crippen molar-refractivity contribution in [3.63, 3.8) is 0 Å². The lowest BCUT2D eigenvalue weighted by atomic mass is 10.2. The quantitative estimate of drug-likeness (QED) is 0.737. The normalized spacial score (nSPS) is 15.9. The zero-order valence-corrected chi connectivity index (χ0v) is 11.3. The monoisotopic (exact) mass is 263 g/mol. The van der Waals surface area contributed by atoms with Gasteiger partial charge in [0, 0.05) is 6.42 Å². The van der Waals surface area contributed by atoms with Gasteiger partial charge in [-0.2, -0.15) is 0 Å². The topological polar surface area (TPSA) is 58.6 Å². The predicted octanol–water partition coefficient (Wildman–Crippen LogP) is 1.80. The van der Waals surface area contributed by atoms with E-state index >= 15 is 0 Å². The third-order valence-electron chi connectivity index (χ3n) is 3.37. The van der Waals surface area contributed by atoms with Crippen molar-refractivity contribution in [2.24, 2.45) is 0 Å². The molecule has 4 heteroatoms. The van der Waals surface area contributed by atoms with Gasteiger partial charge in [-0.25, -0.2) is 0 Å². The van der Waals surface area contributed by atoms with E-state index in [1.54, 1.807) is 0 Å². The van der Waals surface area contributed by atoms with Gasteiger partial charge >= 0.3 is 0 Å². The number of aliphatic hydroxyl groups is 1. The fraction of sp³-hybridized carbons (Fsp3) is 0.533. The Morgan fingerprint density at radius 1 is 1.47 bits per heavy atom. The first-order valence-electron chi connectivity index (χ1n) is 6.75. The van der Waals surface area contributed by atoms with Crippen LogP contribution in [0.4, 0.5) is 0 Å². The first-order chi connectivity index (χ1) is 9.13. The molecular weight excluding hydrogens is 242 g/mol. The Kier molecular flexibility index (Phi) is 4.43. The molecule has 1 aromatic carbocycles. The van der Waals surface area contributed by atoms with E-state index in [0.717, 1.165) is 24.2 Å². The predicted molar refractivity (Wildman–Crippen MR) is 73.1 cm³/mol. The molecule has 0 saturated heterocycles. The van der Waals surface area contributed by atoms with E-state index < -0.39 is 0 Å². The first-order valence-corrected chi connectivity index (χ1v) is 6.75. The van der Waals surface area contributed by atoms with Gasteiger partial charge in [-0.3, -0.25) is 4.79 Å². The van der Waals surface area contributed by atoms with E-state index in [2.05, 4.69) is 5.32 Å². The van der Waals surface area contributed by atoms with Crippen molar-refractivity contribution in [3.8, 4) is 5.75 Å². The molecule has 0 unspecified atom stereocenters. The van der Waals surface area contributed by atoms with Crippen molar-refractivity contribution >= 4 is 5.91 Å². The van der Waals surface area contributed by atoms with Gasteiger partial charge < -0.3 is 15.2 Å². The molecular formula is C15H21NO3. The molecule has 0 radical (unpaired) electrons. The van der Waals surface area contributed by atoms with Gasteiger partial charge in [0.2, 0.25) is 5.91 Å². The van der Waals surface area contributed by atoms with Crippen molar-refractivity contribution < 1.29 is 14.6 Å². The third kappa shape index (κ3) is 4.24. The van der Waals surface area contributed by atoms with Gasteiger partial charge in [0.1, 0.15) is 5.75 Å². The van der Waals surface area contributed by atoms with Gasteiger partial charge in [-0.1, -0.05) is 12.1 Å². The maximum Gasteiger partial charge on any atom is 0.220 e. The number of carbonyl (C=O) groups is 1. The van der Waals surface area contributed by atoms with Gasteiger partial charge in [-0.15, -0.1) is 0 Å². The van der Waals surface area contributed by atoms with Crippen LogP contribution in [0, 0.1) is 6.92 Å². The molecule has 2 rings (SSSR count). The zero-order valence-electron chi connectivity index (χ0n) is 11.3. The number of benzene rings is 1. The van der Waals surface area contributed by atoms with E-state index in [4.69, 9.17) is 9.84 Å². The molecule has 0 bridgehead atoms. The van der Waals surface area contributed by atoms with Crippen LogP contribution in [0.2, 0.25) is 0 Å². The Morgan fingerprint density at radius 2 is 2.26 bits per heavy atom. The van der Waals surface area contributed by atoms with Crippen LogP contribution in [0.15, 0.2) is 24.3 Å². The van der Waals surface area contributed by atoms with Crippen molar-refractivity contribution in [1.29, 1.82) is 0 Å². The molecule has 0 heterocycles. The average Bonchev–Trinajstić information content (AvgIpc) is 3.15. The summed E-state index contributed by atoms with van der Waals surface area (Å²) in [4.78, 5) is 11.6. The lowest BCUT2D eigenvalue weighted by molar-refractivity contribution is -0.122. The van der Waals surface area contributed by atoms with E-state index in [1.807, 2.05) is 31.2 Å². The SMILES string of the molecule is Cc1cccc(OCCCC(=O)NC2(CO)CC2)c1. The van der Waals surface area contributed by atoms with E-state index in [0.29, 0.717) is 19.4 Å². The number of aryl methyl sites for hydroxylation is 1. The average molecular weight is 263 g/mol. The molecule has 1 amide bonds. The summed E-state index contributed by atoms with van der Waals surface area (Å²) in [5.41, 5.74) is 0.850. The molecule has 2 N–H and O–H groups in total. The highest BCUT2D eigenvalue weighted by atomic mass is 16.5. The first kappa shape index (κ1) is 13.9. The van der Waals surface area contributed by atoms with Crippen molar-refractivity contribution in [2.75, 3.05) is 13.2 Å². The van der Waals surface area contributed by atoms with Crippen LogP contribution >= 0.6 is 0 Å². The van der Waals surface area contributed by atoms with Crippen LogP contribution in [-0.2, 0) is 4.79 Å². The molecule has 0 atom stereocenters. The van der Waals surface area contributed by atoms with Crippen molar-refractivity contribution in [3.05, 3.63) is 29.8 Å². The Hall–Kier alpha value is -1.55. The van der Waals surface area contributed by atoms with Crippen LogP contribution in [0.3, 0.4) is 0 Å². The summed E-state index contributed by atoms with van der Waals surface area (Å²) in [7, 11) is 0. The molecule has 0 aromatic heterocycles. The van der Waals surface area contributed by atoms with Crippen LogP contribution in [0.1, 0.15) is 31.2 Å². The molecule has 1 saturated carbocycles. The molecule has 1 aliphatic rings. The van der Waals surface area contributed by atoms with Crippen LogP contribution in [-0.4, -0.2) is 29.8 Å². The van der Waals surface area contributed by atoms with Crippen LogP contribution < -0.4 is 10.1 Å². The minimum absolute atomic E-state index is 0.000563. The van der Waals surface area contributed by atoms with Crippen LogP contribution in [0.5, 0.6) is 5.75 Å². The number of ether oxygens (including phenoxy) is 1. The minimum atomic E-state index is -0.311. The third-order valence-corrected chi connectivity index (χ3v) is 3.37. The summed E-state index contributed by atoms with van der Waals surface area (Å²) >= 11 is 0. The summed E-state index contributed by atoms with van der Waals surface area (Å²) in [6.07, 6.45) is 2.89. The minimum Gasteiger partial charge on any atom is -0.494 e. The largest absolute Gasteiger partial charge is 0.494 e. The highest BCUT2D eigenvalue weighted by Crippen LogP contribution is 2.34. The Morgan fingerprint density at radius 3 is 2.89 bits per heavy atom. The maximum absolute atomic E-state index is 11.6. The van der Waals surface area contributed by atoms with Gasteiger partial charge in [0.25, 0.3) is 0 Å². The van der Waals surface area contributed by atoms with Crippen molar-refractivity contribution in [2.45, 2.75) is 38.1 Å². The number of hydrogen-bond donors (Lipinski definition) is 2. The Labute approximate surface area is 113 Å². The fourth-order valence-electron chi connectivity index (χ4n) is 1.96. The smallest absolute Gasteiger partial charge is 0.220 e. The molecule has 1 fully saturated rings. The number of carbonyl (C=O) groups excluding carboxylic acids is 1. The Balaban J connectivity index is 1.63. The highest BCUT2D eigenvalue weighted by Gasteiger charge is 2.43. The number of amides is 1. The lowest BCUT2D eigenvalue weighted by Crippen LogP contribution is -2.39. The summed E-state index contributed by atoms with van der Waals surface area (Å²) in [6.45, 7) is 2.59. The molecule has 19 heavy (non-hydrogen) atoms. The zero-order chi connectivity index (χ0) is 13.7. The van der Waals surface area contributed by atoms with E-state index in [-0.39, 0.29) is 18.1 Å². The molecule has 104 valence electrons. The van der Waals surface area contributed by atoms with Gasteiger partial charge in [0.15, 0.2) is 0 Å². The molecule has 0 aliphatic heterocycles. The number of aliphatic hydroxyl groups excluding tert-OH is 1. The van der Waals surface area contributed by atoms with E-state index in [1.165, 1.54) is 0 Å². The van der Waals surface area contributed by atoms with E-state index in [9.17, 15) is 4.79 Å². The van der Waals surface area contributed by atoms with Gasteiger partial charge in [-0.05, 0) is 43.9 Å². The second kappa shape index (κ2) is 6.06. The molecule has 1 aromatic rings. The number of hydrogen-bond acceptors (Lipinski definition) is 3. The van der Waals surface area contributed by atoms with Gasteiger partial charge in [0.05, 0.1) is 18.8 Å². The summed E-state index contributed by atoms with van der Waals surface area (Å²) in [5.74, 6) is 0.842. The highest BCUT2D eigenvalue weighted by molar-refractivity contribution is 5.77. The number of nitrogens with one attached hydrogen (secondary N) is 1. The molecule has 0 spiro atoms. The fourth-order valence-corrected chi connectivity index (χ4v) is 1.96. The lowest BCUT2D eigenvalue weighted by Gasteiger charge is -2.14. The second-order valence-electron chi connectivity index (χ2n) is 5.26. The second-order valence-corrected chi connectivity index (χ2v) is 5.26. The number of rotatable bonds is 7. The summed E-state index contributed by atoms with van der Waals surface area (Å²) < 4.78 is 5.58. The molecule has 1 aliphatic carbocycles. The summed E-state index contributed by atoms with van der Waals surface area (Å²) in [6, 6.07) is 7.86. The molecule has 4 nitrogen and oxygen atoms in total. The van der Waals surface area contributed by atoms with Crippen molar-refractivity contribution in [1.82, 2.24) is 5.32 Å². The Bertz CT molecular complexity index is 441.